The Balaban J connectivity index is 2.14. The zero-order valence-corrected chi connectivity index (χ0v) is 9.39. The number of hydrogen-bond acceptors (Lipinski definition) is 4. The Hall–Kier alpha value is -1.36. The van der Waals surface area contributed by atoms with Crippen molar-refractivity contribution in [3.63, 3.8) is 0 Å². The molecule has 0 radical (unpaired) electrons. The van der Waals surface area contributed by atoms with E-state index in [1.165, 1.54) is 0 Å². The Morgan fingerprint density at radius 2 is 2.44 bits per heavy atom. The molecule has 5 nitrogen and oxygen atoms in total. The SMILES string of the molecule is CC(CCO)Nc1nccn(C2CC2)c1=O. The Bertz CT molecular complexity index is 412. The molecule has 2 N–H and O–H groups in total. The normalized spacial score (nSPS) is 17.1. The maximum atomic E-state index is 12.0. The number of hydrogen-bond donors (Lipinski definition) is 2. The second-order valence-corrected chi connectivity index (χ2v) is 4.28. The molecule has 0 spiro atoms. The molecule has 0 aliphatic heterocycles. The van der Waals surface area contributed by atoms with E-state index in [1.54, 1.807) is 17.0 Å². The van der Waals surface area contributed by atoms with Crippen LogP contribution in [-0.2, 0) is 0 Å². The molecule has 1 aliphatic carbocycles. The van der Waals surface area contributed by atoms with E-state index in [9.17, 15) is 4.79 Å². The number of aliphatic hydroxyl groups excluding tert-OH is 1. The van der Waals surface area contributed by atoms with Crippen LogP contribution >= 0.6 is 0 Å². The molecular weight excluding hydrogens is 206 g/mol. The summed E-state index contributed by atoms with van der Waals surface area (Å²) >= 11 is 0. The van der Waals surface area contributed by atoms with Crippen molar-refractivity contribution in [3.8, 4) is 0 Å². The highest BCUT2D eigenvalue weighted by atomic mass is 16.3. The number of aliphatic hydroxyl groups is 1. The van der Waals surface area contributed by atoms with Crippen molar-refractivity contribution in [2.24, 2.45) is 0 Å². The van der Waals surface area contributed by atoms with Gasteiger partial charge in [0, 0.05) is 31.1 Å². The van der Waals surface area contributed by atoms with Gasteiger partial charge in [-0.3, -0.25) is 4.79 Å². The predicted octanol–water partition coefficient (Wildman–Crippen LogP) is 0.761. The number of aromatic nitrogens is 2. The van der Waals surface area contributed by atoms with Gasteiger partial charge in [-0.1, -0.05) is 0 Å². The average molecular weight is 223 g/mol. The van der Waals surface area contributed by atoms with Crippen LogP contribution in [0.2, 0.25) is 0 Å². The molecule has 0 amide bonds. The quantitative estimate of drug-likeness (QED) is 0.773. The second kappa shape index (κ2) is 4.65. The Morgan fingerprint density at radius 3 is 3.06 bits per heavy atom. The molecule has 88 valence electrons. The van der Waals surface area contributed by atoms with Gasteiger partial charge in [-0.05, 0) is 26.2 Å². The largest absolute Gasteiger partial charge is 0.396 e. The molecule has 5 heteroatoms. The fourth-order valence-electron chi connectivity index (χ4n) is 1.66. The van der Waals surface area contributed by atoms with E-state index in [2.05, 4.69) is 10.3 Å². The van der Waals surface area contributed by atoms with Gasteiger partial charge in [-0.25, -0.2) is 4.98 Å². The molecule has 1 heterocycles. The molecule has 1 aliphatic rings. The number of anilines is 1. The van der Waals surface area contributed by atoms with Gasteiger partial charge in [0.1, 0.15) is 0 Å². The van der Waals surface area contributed by atoms with E-state index in [0.29, 0.717) is 18.3 Å². The van der Waals surface area contributed by atoms with Gasteiger partial charge in [-0.15, -0.1) is 0 Å². The fraction of sp³-hybridized carbons (Fsp3) is 0.636. The van der Waals surface area contributed by atoms with Crippen LogP contribution in [0.15, 0.2) is 17.2 Å². The van der Waals surface area contributed by atoms with Crippen molar-refractivity contribution >= 4 is 5.82 Å². The minimum atomic E-state index is -0.0604. The third-order valence-electron chi connectivity index (χ3n) is 2.75. The van der Waals surface area contributed by atoms with Gasteiger partial charge in [0.05, 0.1) is 0 Å². The highest BCUT2D eigenvalue weighted by molar-refractivity contribution is 5.32. The van der Waals surface area contributed by atoms with Gasteiger partial charge in [0.25, 0.3) is 5.56 Å². The first-order valence-electron chi connectivity index (χ1n) is 5.67. The summed E-state index contributed by atoms with van der Waals surface area (Å²) in [5.41, 5.74) is -0.0604. The van der Waals surface area contributed by atoms with Crippen LogP contribution in [0, 0.1) is 0 Å². The van der Waals surface area contributed by atoms with Crippen LogP contribution in [0.1, 0.15) is 32.2 Å². The zero-order chi connectivity index (χ0) is 11.5. The van der Waals surface area contributed by atoms with Crippen molar-refractivity contribution in [2.75, 3.05) is 11.9 Å². The number of rotatable bonds is 5. The molecular formula is C11H17N3O2. The fourth-order valence-corrected chi connectivity index (χ4v) is 1.66. The standard InChI is InChI=1S/C11H17N3O2/c1-8(4-7-15)13-10-11(16)14(6-5-12-10)9-2-3-9/h5-6,8-9,15H,2-4,7H2,1H3,(H,12,13). The lowest BCUT2D eigenvalue weighted by Crippen LogP contribution is -2.27. The van der Waals surface area contributed by atoms with E-state index >= 15 is 0 Å². The first-order chi connectivity index (χ1) is 7.72. The Morgan fingerprint density at radius 1 is 1.69 bits per heavy atom. The molecule has 2 rings (SSSR count). The van der Waals surface area contributed by atoms with E-state index < -0.39 is 0 Å². The highest BCUT2D eigenvalue weighted by Crippen LogP contribution is 2.33. The molecule has 0 saturated heterocycles. The highest BCUT2D eigenvalue weighted by Gasteiger charge is 2.25. The van der Waals surface area contributed by atoms with Gasteiger partial charge < -0.3 is 15.0 Å². The predicted molar refractivity (Wildman–Crippen MR) is 61.6 cm³/mol. The lowest BCUT2D eigenvalue weighted by Gasteiger charge is -2.13. The zero-order valence-electron chi connectivity index (χ0n) is 9.39. The van der Waals surface area contributed by atoms with Crippen LogP contribution in [0.3, 0.4) is 0 Å². The van der Waals surface area contributed by atoms with Crippen LogP contribution in [-0.4, -0.2) is 27.3 Å². The molecule has 1 aromatic heterocycles. The molecule has 1 unspecified atom stereocenters. The molecule has 1 fully saturated rings. The number of nitrogens with one attached hydrogen (secondary N) is 1. The summed E-state index contributed by atoms with van der Waals surface area (Å²) in [6, 6.07) is 0.421. The summed E-state index contributed by atoms with van der Waals surface area (Å²) in [6.07, 6.45) is 6.15. The van der Waals surface area contributed by atoms with Crippen LogP contribution in [0.4, 0.5) is 5.82 Å². The molecule has 1 aromatic rings. The third-order valence-corrected chi connectivity index (χ3v) is 2.75. The molecule has 1 saturated carbocycles. The van der Waals surface area contributed by atoms with E-state index in [-0.39, 0.29) is 18.2 Å². The van der Waals surface area contributed by atoms with Crippen molar-refractivity contribution in [2.45, 2.75) is 38.3 Å². The first kappa shape index (κ1) is 11.1. The van der Waals surface area contributed by atoms with Gasteiger partial charge in [0.15, 0.2) is 5.82 Å². The molecule has 16 heavy (non-hydrogen) atoms. The Kier molecular flexibility index (Phi) is 3.24. The number of nitrogens with zero attached hydrogens (tertiary/aromatic N) is 2. The van der Waals surface area contributed by atoms with Crippen LogP contribution in [0.5, 0.6) is 0 Å². The van der Waals surface area contributed by atoms with E-state index in [4.69, 9.17) is 5.11 Å². The second-order valence-electron chi connectivity index (χ2n) is 4.28. The lowest BCUT2D eigenvalue weighted by atomic mass is 10.2. The third kappa shape index (κ3) is 2.41. The van der Waals surface area contributed by atoms with Gasteiger partial charge in [0.2, 0.25) is 0 Å². The summed E-state index contributed by atoms with van der Waals surface area (Å²) in [5.74, 6) is 0.385. The first-order valence-corrected chi connectivity index (χ1v) is 5.67. The van der Waals surface area contributed by atoms with Crippen molar-refractivity contribution in [1.82, 2.24) is 9.55 Å². The van der Waals surface area contributed by atoms with Crippen molar-refractivity contribution < 1.29 is 5.11 Å². The van der Waals surface area contributed by atoms with Crippen LogP contribution in [0.25, 0.3) is 0 Å². The summed E-state index contributed by atoms with van der Waals surface area (Å²) in [7, 11) is 0. The monoisotopic (exact) mass is 223 g/mol. The molecule has 0 bridgehead atoms. The minimum Gasteiger partial charge on any atom is -0.396 e. The molecule has 0 aromatic carbocycles. The topological polar surface area (TPSA) is 67.2 Å². The van der Waals surface area contributed by atoms with Crippen molar-refractivity contribution in [3.05, 3.63) is 22.7 Å². The maximum Gasteiger partial charge on any atom is 0.293 e. The summed E-state index contributed by atoms with van der Waals surface area (Å²) in [4.78, 5) is 16.0. The van der Waals surface area contributed by atoms with Crippen LogP contribution < -0.4 is 10.9 Å². The summed E-state index contributed by atoms with van der Waals surface area (Å²) in [5, 5.41) is 11.8. The lowest BCUT2D eigenvalue weighted by molar-refractivity contribution is 0.282. The van der Waals surface area contributed by atoms with Crippen molar-refractivity contribution in [1.29, 1.82) is 0 Å². The van der Waals surface area contributed by atoms with E-state index in [0.717, 1.165) is 12.8 Å². The molecule has 1 atom stereocenters. The maximum absolute atomic E-state index is 12.0. The minimum absolute atomic E-state index is 0.0558. The van der Waals surface area contributed by atoms with Gasteiger partial charge >= 0.3 is 0 Å². The van der Waals surface area contributed by atoms with Gasteiger partial charge in [-0.2, -0.15) is 0 Å². The summed E-state index contributed by atoms with van der Waals surface area (Å²) < 4.78 is 1.74. The smallest absolute Gasteiger partial charge is 0.293 e. The Labute approximate surface area is 94.1 Å². The average Bonchev–Trinajstić information content (AvgIpc) is 3.05. The summed E-state index contributed by atoms with van der Waals surface area (Å²) in [6.45, 7) is 2.03. The van der Waals surface area contributed by atoms with E-state index in [1.807, 2.05) is 6.92 Å².